The normalized spacial score (nSPS) is 19.1. The Labute approximate surface area is 144 Å². The van der Waals surface area contributed by atoms with E-state index < -0.39 is 0 Å². The fourth-order valence-electron chi connectivity index (χ4n) is 2.71. The van der Waals surface area contributed by atoms with Crippen LogP contribution in [-0.2, 0) is 6.42 Å². The van der Waals surface area contributed by atoms with E-state index in [0.29, 0.717) is 11.2 Å². The highest BCUT2D eigenvalue weighted by molar-refractivity contribution is 8.00. The molecule has 0 aliphatic carbocycles. The van der Waals surface area contributed by atoms with E-state index in [1.54, 1.807) is 7.11 Å². The molecule has 1 heterocycles. The highest BCUT2D eigenvalue weighted by atomic mass is 32.2. The Morgan fingerprint density at radius 3 is 2.74 bits per heavy atom. The van der Waals surface area contributed by atoms with Crippen LogP contribution in [-0.4, -0.2) is 55.7 Å². The standard InChI is InChI=1S/C18H29N3OS/c1-14(2)17-13-21(11-12-23-17)18(19-3)20-10-9-15-5-7-16(22-4)8-6-15/h5-8,14,17H,9-13H2,1-4H3,(H,19,20). The van der Waals surface area contributed by atoms with E-state index in [2.05, 4.69) is 53.0 Å². The first-order valence-corrected chi connectivity index (χ1v) is 9.39. The Morgan fingerprint density at radius 2 is 2.13 bits per heavy atom. The molecule has 0 bridgehead atoms. The quantitative estimate of drug-likeness (QED) is 0.663. The van der Waals surface area contributed by atoms with Crippen molar-refractivity contribution in [2.24, 2.45) is 10.9 Å². The summed E-state index contributed by atoms with van der Waals surface area (Å²) in [5.74, 6) is 3.83. The van der Waals surface area contributed by atoms with Crippen LogP contribution in [0.25, 0.3) is 0 Å². The van der Waals surface area contributed by atoms with Crippen molar-refractivity contribution in [2.45, 2.75) is 25.5 Å². The lowest BCUT2D eigenvalue weighted by Crippen LogP contribution is -2.49. The molecule has 1 aliphatic heterocycles. The monoisotopic (exact) mass is 335 g/mol. The third-order valence-corrected chi connectivity index (χ3v) is 5.74. The summed E-state index contributed by atoms with van der Waals surface area (Å²) in [5.41, 5.74) is 1.31. The zero-order valence-electron chi connectivity index (χ0n) is 14.7. The van der Waals surface area contributed by atoms with E-state index in [1.165, 1.54) is 11.3 Å². The van der Waals surface area contributed by atoms with Gasteiger partial charge in [0.05, 0.1) is 7.11 Å². The second-order valence-corrected chi connectivity index (χ2v) is 7.52. The van der Waals surface area contributed by atoms with Crippen LogP contribution >= 0.6 is 11.8 Å². The second-order valence-electron chi connectivity index (χ2n) is 6.17. The molecule has 1 unspecified atom stereocenters. The molecule has 1 saturated heterocycles. The number of hydrogen-bond donors (Lipinski definition) is 1. The Morgan fingerprint density at radius 1 is 1.39 bits per heavy atom. The first-order valence-electron chi connectivity index (χ1n) is 8.34. The average Bonchev–Trinajstić information content (AvgIpc) is 2.59. The third kappa shape index (κ3) is 5.34. The third-order valence-electron chi connectivity index (χ3n) is 4.20. The summed E-state index contributed by atoms with van der Waals surface area (Å²) in [4.78, 5) is 6.86. The van der Waals surface area contributed by atoms with Gasteiger partial charge in [-0.1, -0.05) is 26.0 Å². The van der Waals surface area contributed by atoms with Crippen molar-refractivity contribution < 1.29 is 4.74 Å². The molecule has 2 rings (SSSR count). The van der Waals surface area contributed by atoms with Crippen LogP contribution in [0.5, 0.6) is 5.75 Å². The highest BCUT2D eigenvalue weighted by Gasteiger charge is 2.24. The molecule has 128 valence electrons. The van der Waals surface area contributed by atoms with Gasteiger partial charge in [-0.3, -0.25) is 4.99 Å². The molecule has 5 heteroatoms. The molecule has 0 saturated carbocycles. The predicted octanol–water partition coefficient (Wildman–Crippen LogP) is 2.89. The molecule has 1 fully saturated rings. The lowest BCUT2D eigenvalue weighted by Gasteiger charge is -2.36. The average molecular weight is 336 g/mol. The largest absolute Gasteiger partial charge is 0.497 e. The smallest absolute Gasteiger partial charge is 0.193 e. The minimum atomic E-state index is 0.698. The zero-order chi connectivity index (χ0) is 16.7. The fraction of sp³-hybridized carbons (Fsp3) is 0.611. The molecule has 1 atom stereocenters. The van der Waals surface area contributed by atoms with Crippen LogP contribution in [0.15, 0.2) is 29.3 Å². The van der Waals surface area contributed by atoms with Crippen LogP contribution in [0, 0.1) is 5.92 Å². The molecule has 4 nitrogen and oxygen atoms in total. The molecule has 0 spiro atoms. The number of benzene rings is 1. The van der Waals surface area contributed by atoms with Gasteiger partial charge in [0.2, 0.25) is 0 Å². The molecule has 0 aromatic heterocycles. The van der Waals surface area contributed by atoms with Crippen molar-refractivity contribution in [3.63, 3.8) is 0 Å². The van der Waals surface area contributed by atoms with Crippen molar-refractivity contribution in [1.29, 1.82) is 0 Å². The number of guanidine groups is 1. The summed E-state index contributed by atoms with van der Waals surface area (Å²) in [7, 11) is 3.57. The van der Waals surface area contributed by atoms with Crippen LogP contribution in [0.2, 0.25) is 0 Å². The van der Waals surface area contributed by atoms with Crippen molar-refractivity contribution in [3.8, 4) is 5.75 Å². The molecule has 23 heavy (non-hydrogen) atoms. The van der Waals surface area contributed by atoms with Crippen molar-refractivity contribution in [1.82, 2.24) is 10.2 Å². The number of aliphatic imine (C=N–C) groups is 1. The van der Waals surface area contributed by atoms with Crippen molar-refractivity contribution >= 4 is 17.7 Å². The van der Waals surface area contributed by atoms with Gasteiger partial charge in [0, 0.05) is 37.7 Å². The summed E-state index contributed by atoms with van der Waals surface area (Å²) in [6.45, 7) is 7.68. The number of rotatable bonds is 5. The summed E-state index contributed by atoms with van der Waals surface area (Å²) in [5, 5.41) is 4.21. The van der Waals surface area contributed by atoms with Gasteiger partial charge in [-0.15, -0.1) is 0 Å². The number of methoxy groups -OCH3 is 1. The maximum absolute atomic E-state index is 5.19. The molecular formula is C18H29N3OS. The first-order chi connectivity index (χ1) is 11.1. The maximum Gasteiger partial charge on any atom is 0.193 e. The molecular weight excluding hydrogens is 306 g/mol. The Bertz CT molecular complexity index is 501. The van der Waals surface area contributed by atoms with Gasteiger partial charge in [-0.25, -0.2) is 0 Å². The van der Waals surface area contributed by atoms with E-state index in [1.807, 2.05) is 19.2 Å². The minimum absolute atomic E-state index is 0.698. The van der Waals surface area contributed by atoms with Gasteiger partial charge in [0.1, 0.15) is 5.75 Å². The SMILES string of the molecule is CN=C(NCCc1ccc(OC)cc1)N1CCSC(C(C)C)C1. The van der Waals surface area contributed by atoms with Gasteiger partial charge in [0.25, 0.3) is 0 Å². The van der Waals surface area contributed by atoms with E-state index in [4.69, 9.17) is 4.74 Å². The number of nitrogens with zero attached hydrogens (tertiary/aromatic N) is 2. The van der Waals surface area contributed by atoms with E-state index >= 15 is 0 Å². The predicted molar refractivity (Wildman–Crippen MR) is 101 cm³/mol. The molecule has 1 aromatic rings. The van der Waals surface area contributed by atoms with Gasteiger partial charge in [-0.05, 0) is 30.0 Å². The molecule has 1 aliphatic rings. The topological polar surface area (TPSA) is 36.9 Å². The van der Waals surface area contributed by atoms with Gasteiger partial charge in [0.15, 0.2) is 5.96 Å². The Kier molecular flexibility index (Phi) is 7.09. The van der Waals surface area contributed by atoms with E-state index in [-0.39, 0.29) is 0 Å². The highest BCUT2D eigenvalue weighted by Crippen LogP contribution is 2.24. The second kappa shape index (κ2) is 9.06. The Balaban J connectivity index is 1.82. The number of hydrogen-bond acceptors (Lipinski definition) is 3. The number of thioether (sulfide) groups is 1. The van der Waals surface area contributed by atoms with Crippen molar-refractivity contribution in [2.75, 3.05) is 39.5 Å². The van der Waals surface area contributed by atoms with Gasteiger partial charge in [-0.2, -0.15) is 11.8 Å². The van der Waals surface area contributed by atoms with E-state index in [0.717, 1.165) is 37.8 Å². The first kappa shape index (κ1) is 18.0. The number of nitrogens with one attached hydrogen (secondary N) is 1. The summed E-state index contributed by atoms with van der Waals surface area (Å²) in [6.07, 6.45) is 0.985. The van der Waals surface area contributed by atoms with Crippen LogP contribution in [0.3, 0.4) is 0 Å². The van der Waals surface area contributed by atoms with Crippen LogP contribution in [0.1, 0.15) is 19.4 Å². The van der Waals surface area contributed by atoms with Gasteiger partial charge >= 0.3 is 0 Å². The molecule has 1 N–H and O–H groups in total. The Hall–Kier alpha value is -1.36. The molecule has 0 radical (unpaired) electrons. The zero-order valence-corrected chi connectivity index (χ0v) is 15.5. The van der Waals surface area contributed by atoms with Crippen LogP contribution in [0.4, 0.5) is 0 Å². The van der Waals surface area contributed by atoms with Crippen LogP contribution < -0.4 is 10.1 Å². The van der Waals surface area contributed by atoms with Crippen molar-refractivity contribution in [3.05, 3.63) is 29.8 Å². The number of ether oxygens (including phenoxy) is 1. The van der Waals surface area contributed by atoms with Gasteiger partial charge < -0.3 is 15.0 Å². The maximum atomic E-state index is 5.19. The summed E-state index contributed by atoms with van der Waals surface area (Å²) in [6, 6.07) is 8.27. The molecule has 1 aromatic carbocycles. The minimum Gasteiger partial charge on any atom is -0.497 e. The van der Waals surface area contributed by atoms with E-state index in [9.17, 15) is 0 Å². The summed E-state index contributed by atoms with van der Waals surface area (Å²) < 4.78 is 5.19. The molecule has 0 amide bonds. The lowest BCUT2D eigenvalue weighted by molar-refractivity contribution is 0.381. The summed E-state index contributed by atoms with van der Waals surface area (Å²) >= 11 is 2.09. The fourth-order valence-corrected chi connectivity index (χ4v) is 4.01. The lowest BCUT2D eigenvalue weighted by atomic mass is 10.1.